The van der Waals surface area contributed by atoms with Crippen molar-refractivity contribution in [3.63, 3.8) is 0 Å². The van der Waals surface area contributed by atoms with Gasteiger partial charge in [0.15, 0.2) is 0 Å². The summed E-state index contributed by atoms with van der Waals surface area (Å²) in [5.41, 5.74) is 0. The molecule has 0 aromatic rings. The van der Waals surface area contributed by atoms with Crippen LogP contribution in [0.5, 0.6) is 0 Å². The maximum Gasteiger partial charge on any atom is 0.223 e. The molecule has 1 unspecified atom stereocenters. The van der Waals surface area contributed by atoms with Gasteiger partial charge in [0.1, 0.15) is 0 Å². The predicted molar refractivity (Wildman–Crippen MR) is 65.1 cm³/mol. The molecule has 1 aliphatic heterocycles. The number of rotatable bonds is 6. The van der Waals surface area contributed by atoms with E-state index < -0.39 is 0 Å². The summed E-state index contributed by atoms with van der Waals surface area (Å²) in [4.78, 5) is 13.6. The van der Waals surface area contributed by atoms with Gasteiger partial charge in [0.05, 0.1) is 12.1 Å². The lowest BCUT2D eigenvalue weighted by Crippen LogP contribution is -2.32. The zero-order chi connectivity index (χ0) is 12.0. The highest BCUT2D eigenvalue weighted by Gasteiger charge is 2.27. The van der Waals surface area contributed by atoms with Crippen molar-refractivity contribution in [2.45, 2.75) is 58.1 Å². The Bertz CT molecular complexity index is 248. The maximum atomic E-state index is 11.6. The van der Waals surface area contributed by atoms with E-state index in [4.69, 9.17) is 5.11 Å². The molecule has 1 fully saturated rings. The second kappa shape index (κ2) is 6.69. The molecule has 0 saturated carbocycles. The average Bonchev–Trinajstić information content (AvgIpc) is 2.57. The Balaban J connectivity index is 2.44. The van der Waals surface area contributed by atoms with Gasteiger partial charge in [-0.05, 0) is 26.2 Å². The summed E-state index contributed by atoms with van der Waals surface area (Å²) >= 11 is 0. The zero-order valence-electron chi connectivity index (χ0n) is 10.4. The van der Waals surface area contributed by atoms with E-state index in [-0.39, 0.29) is 18.1 Å². The van der Waals surface area contributed by atoms with Gasteiger partial charge in [-0.3, -0.25) is 4.79 Å². The number of hydrogen-bond acceptors (Lipinski definition) is 2. The lowest BCUT2D eigenvalue weighted by atomic mass is 10.1. The Morgan fingerprint density at radius 3 is 3.00 bits per heavy atom. The van der Waals surface area contributed by atoms with E-state index >= 15 is 0 Å². The molecule has 0 bridgehead atoms. The Kier molecular flexibility index (Phi) is 5.53. The fraction of sp³-hybridized carbons (Fsp3) is 0.769. The summed E-state index contributed by atoms with van der Waals surface area (Å²) in [5.74, 6) is 0.278. The Labute approximate surface area is 98.1 Å². The smallest absolute Gasteiger partial charge is 0.223 e. The highest BCUT2D eigenvalue weighted by molar-refractivity contribution is 5.79. The van der Waals surface area contributed by atoms with Crippen molar-refractivity contribution in [2.75, 3.05) is 6.54 Å². The van der Waals surface area contributed by atoms with Gasteiger partial charge in [-0.15, -0.1) is 0 Å². The number of amides is 1. The number of aliphatic hydroxyl groups excluding tert-OH is 1. The van der Waals surface area contributed by atoms with Crippen molar-refractivity contribution in [1.82, 2.24) is 4.90 Å². The fourth-order valence-corrected chi connectivity index (χ4v) is 2.01. The molecule has 92 valence electrons. The molecule has 1 saturated heterocycles. The topological polar surface area (TPSA) is 40.5 Å². The van der Waals surface area contributed by atoms with Crippen LogP contribution in [-0.4, -0.2) is 34.6 Å². The van der Waals surface area contributed by atoms with Crippen LogP contribution < -0.4 is 0 Å². The highest BCUT2D eigenvalue weighted by atomic mass is 16.3. The van der Waals surface area contributed by atoms with Crippen molar-refractivity contribution in [2.24, 2.45) is 0 Å². The minimum atomic E-state index is -0.294. The van der Waals surface area contributed by atoms with Crippen LogP contribution in [0.4, 0.5) is 0 Å². The fourth-order valence-electron chi connectivity index (χ4n) is 2.01. The number of carbonyl (C=O) groups is 1. The first-order valence-corrected chi connectivity index (χ1v) is 6.29. The van der Waals surface area contributed by atoms with Crippen LogP contribution in [0, 0.1) is 0 Å². The second-order valence-corrected chi connectivity index (χ2v) is 4.56. The molecule has 2 atom stereocenters. The zero-order valence-corrected chi connectivity index (χ0v) is 10.4. The van der Waals surface area contributed by atoms with Gasteiger partial charge in [0, 0.05) is 13.0 Å². The minimum absolute atomic E-state index is 0.262. The third kappa shape index (κ3) is 3.97. The summed E-state index contributed by atoms with van der Waals surface area (Å²) in [6.45, 7) is 4.79. The predicted octanol–water partition coefficient (Wildman–Crippen LogP) is 2.10. The molecule has 16 heavy (non-hydrogen) atoms. The molecule has 0 aromatic carbocycles. The molecule has 1 N–H and O–H groups in total. The summed E-state index contributed by atoms with van der Waals surface area (Å²) < 4.78 is 0. The van der Waals surface area contributed by atoms with Crippen LogP contribution in [0.3, 0.4) is 0 Å². The molecule has 1 aliphatic rings. The summed E-state index contributed by atoms with van der Waals surface area (Å²) in [5, 5.41) is 9.15. The lowest BCUT2D eigenvalue weighted by molar-refractivity contribution is -0.128. The molecule has 0 radical (unpaired) electrons. The summed E-state index contributed by atoms with van der Waals surface area (Å²) in [6.07, 6.45) is 8.25. The Morgan fingerprint density at radius 1 is 1.62 bits per heavy atom. The molecular formula is C13H23NO2. The summed E-state index contributed by atoms with van der Waals surface area (Å²) in [7, 11) is 0. The SMILES string of the molecule is CCCCN1C(=O)CC[C@@H]1/C=C/CC(C)O. The number of unbranched alkanes of at least 4 members (excludes halogenated alkanes) is 1. The quantitative estimate of drug-likeness (QED) is 0.703. The van der Waals surface area contributed by atoms with Gasteiger partial charge < -0.3 is 10.0 Å². The molecule has 1 amide bonds. The number of nitrogens with zero attached hydrogens (tertiary/aromatic N) is 1. The van der Waals surface area contributed by atoms with Crippen LogP contribution >= 0.6 is 0 Å². The van der Waals surface area contributed by atoms with Crippen molar-refractivity contribution in [1.29, 1.82) is 0 Å². The maximum absolute atomic E-state index is 11.6. The van der Waals surface area contributed by atoms with E-state index in [0.29, 0.717) is 12.8 Å². The van der Waals surface area contributed by atoms with Crippen LogP contribution in [0.25, 0.3) is 0 Å². The largest absolute Gasteiger partial charge is 0.393 e. The van der Waals surface area contributed by atoms with Crippen molar-refractivity contribution >= 4 is 5.91 Å². The number of likely N-dealkylation sites (tertiary alicyclic amines) is 1. The molecule has 1 heterocycles. The number of aliphatic hydroxyl groups is 1. The lowest BCUT2D eigenvalue weighted by Gasteiger charge is -2.22. The van der Waals surface area contributed by atoms with Crippen LogP contribution in [0.15, 0.2) is 12.2 Å². The van der Waals surface area contributed by atoms with Gasteiger partial charge >= 0.3 is 0 Å². The minimum Gasteiger partial charge on any atom is -0.393 e. The van der Waals surface area contributed by atoms with Crippen LogP contribution in [0.2, 0.25) is 0 Å². The molecule has 0 aromatic heterocycles. The molecule has 1 rings (SSSR count). The summed E-state index contributed by atoms with van der Waals surface area (Å²) in [6, 6.07) is 0.262. The van der Waals surface area contributed by atoms with Gasteiger partial charge in [-0.2, -0.15) is 0 Å². The number of carbonyl (C=O) groups excluding carboxylic acids is 1. The van der Waals surface area contributed by atoms with Crippen molar-refractivity contribution in [3.05, 3.63) is 12.2 Å². The first-order chi connectivity index (χ1) is 7.65. The first-order valence-electron chi connectivity index (χ1n) is 6.29. The van der Waals surface area contributed by atoms with Gasteiger partial charge in [0.25, 0.3) is 0 Å². The van der Waals surface area contributed by atoms with Gasteiger partial charge in [0.2, 0.25) is 5.91 Å². The molecule has 3 nitrogen and oxygen atoms in total. The van der Waals surface area contributed by atoms with Crippen molar-refractivity contribution < 1.29 is 9.90 Å². The normalized spacial score (nSPS) is 23.3. The van der Waals surface area contributed by atoms with E-state index in [9.17, 15) is 4.79 Å². The molecule has 3 heteroatoms. The van der Waals surface area contributed by atoms with E-state index in [1.165, 1.54) is 0 Å². The number of hydrogen-bond donors (Lipinski definition) is 1. The van der Waals surface area contributed by atoms with E-state index in [1.54, 1.807) is 6.92 Å². The standard InChI is InChI=1S/C13H23NO2/c1-3-4-10-14-12(8-9-13(14)16)7-5-6-11(2)15/h5,7,11-12,15H,3-4,6,8-10H2,1-2H3/b7-5+/t11?,12-/m0/s1. The van der Waals surface area contributed by atoms with Crippen molar-refractivity contribution in [3.8, 4) is 0 Å². The van der Waals surface area contributed by atoms with E-state index in [1.807, 2.05) is 11.0 Å². The van der Waals surface area contributed by atoms with Crippen LogP contribution in [0.1, 0.15) is 46.0 Å². The Hall–Kier alpha value is -0.830. The highest BCUT2D eigenvalue weighted by Crippen LogP contribution is 2.20. The molecule has 0 aliphatic carbocycles. The average molecular weight is 225 g/mol. The first kappa shape index (κ1) is 13.2. The third-order valence-electron chi connectivity index (χ3n) is 2.96. The third-order valence-corrected chi connectivity index (χ3v) is 2.96. The van der Waals surface area contributed by atoms with Gasteiger partial charge in [-0.25, -0.2) is 0 Å². The van der Waals surface area contributed by atoms with E-state index in [2.05, 4.69) is 13.0 Å². The van der Waals surface area contributed by atoms with Crippen LogP contribution in [-0.2, 0) is 4.79 Å². The van der Waals surface area contributed by atoms with Gasteiger partial charge in [-0.1, -0.05) is 25.5 Å². The van der Waals surface area contributed by atoms with E-state index in [0.717, 1.165) is 25.8 Å². The monoisotopic (exact) mass is 225 g/mol. The Morgan fingerprint density at radius 2 is 2.38 bits per heavy atom. The second-order valence-electron chi connectivity index (χ2n) is 4.56. The molecular weight excluding hydrogens is 202 g/mol. The molecule has 0 spiro atoms.